The van der Waals surface area contributed by atoms with Crippen LogP contribution in [0.1, 0.15) is 29.7 Å². The molecule has 0 fully saturated rings. The molecule has 3 heteroatoms. The molecular formula is C17H20BrNO. The van der Waals surface area contributed by atoms with Crippen LogP contribution in [0.15, 0.2) is 46.9 Å². The predicted molar refractivity (Wildman–Crippen MR) is 87.1 cm³/mol. The molecule has 2 rings (SSSR count). The van der Waals surface area contributed by atoms with Gasteiger partial charge in [0.1, 0.15) is 5.75 Å². The van der Waals surface area contributed by atoms with Crippen LogP contribution in [0.2, 0.25) is 0 Å². The first-order chi connectivity index (χ1) is 9.60. The number of ether oxygens (including phenoxy) is 1. The van der Waals surface area contributed by atoms with Crippen molar-refractivity contribution in [1.82, 2.24) is 0 Å². The van der Waals surface area contributed by atoms with Crippen LogP contribution in [-0.4, -0.2) is 6.61 Å². The molecule has 0 aliphatic heterocycles. The van der Waals surface area contributed by atoms with Crippen molar-refractivity contribution in [3.05, 3.63) is 63.6 Å². The van der Waals surface area contributed by atoms with Gasteiger partial charge in [-0.05, 0) is 44.0 Å². The quantitative estimate of drug-likeness (QED) is 0.880. The third kappa shape index (κ3) is 3.84. The summed E-state index contributed by atoms with van der Waals surface area (Å²) in [5.41, 5.74) is 9.93. The van der Waals surface area contributed by atoms with Gasteiger partial charge in [-0.3, -0.25) is 0 Å². The van der Waals surface area contributed by atoms with Crippen molar-refractivity contribution < 1.29 is 4.74 Å². The highest BCUT2D eigenvalue weighted by molar-refractivity contribution is 9.10. The highest BCUT2D eigenvalue weighted by Gasteiger charge is 2.13. The van der Waals surface area contributed by atoms with Gasteiger partial charge in [0.05, 0.1) is 6.61 Å². The summed E-state index contributed by atoms with van der Waals surface area (Å²) in [6.07, 6.45) is 0.804. The Bertz CT molecular complexity index is 583. The molecule has 106 valence electrons. The number of rotatable bonds is 5. The van der Waals surface area contributed by atoms with Gasteiger partial charge in [0.2, 0.25) is 0 Å². The molecule has 0 radical (unpaired) electrons. The van der Waals surface area contributed by atoms with E-state index >= 15 is 0 Å². The van der Waals surface area contributed by atoms with E-state index in [-0.39, 0.29) is 6.04 Å². The van der Waals surface area contributed by atoms with E-state index in [9.17, 15) is 0 Å². The van der Waals surface area contributed by atoms with Gasteiger partial charge in [-0.25, -0.2) is 0 Å². The topological polar surface area (TPSA) is 35.2 Å². The minimum absolute atomic E-state index is 0.0733. The van der Waals surface area contributed by atoms with Gasteiger partial charge in [-0.15, -0.1) is 0 Å². The van der Waals surface area contributed by atoms with Crippen LogP contribution in [0.4, 0.5) is 0 Å². The highest BCUT2D eigenvalue weighted by Crippen LogP contribution is 2.29. The van der Waals surface area contributed by atoms with Crippen molar-refractivity contribution >= 4 is 15.9 Å². The molecule has 0 heterocycles. The lowest BCUT2D eigenvalue weighted by atomic mass is 9.98. The fourth-order valence-corrected chi connectivity index (χ4v) is 2.68. The Balaban J connectivity index is 2.23. The summed E-state index contributed by atoms with van der Waals surface area (Å²) in [5.74, 6) is 0.871. The molecule has 0 saturated carbocycles. The Hall–Kier alpha value is -1.32. The smallest absolute Gasteiger partial charge is 0.124 e. The SMILES string of the molecule is CCOc1ccc(Br)cc1C(N)Cc1cccc(C)c1. The third-order valence-corrected chi connectivity index (χ3v) is 3.70. The molecule has 0 aromatic heterocycles. The molecule has 0 bridgehead atoms. The van der Waals surface area contributed by atoms with Gasteiger partial charge in [-0.1, -0.05) is 45.8 Å². The minimum atomic E-state index is -0.0733. The van der Waals surface area contributed by atoms with Crippen LogP contribution < -0.4 is 10.5 Å². The summed E-state index contributed by atoms with van der Waals surface area (Å²) >= 11 is 3.50. The molecule has 1 unspecified atom stereocenters. The monoisotopic (exact) mass is 333 g/mol. The van der Waals surface area contributed by atoms with Gasteiger partial charge >= 0.3 is 0 Å². The average molecular weight is 334 g/mol. The van der Waals surface area contributed by atoms with Crippen LogP contribution in [-0.2, 0) is 6.42 Å². The molecular weight excluding hydrogens is 314 g/mol. The average Bonchev–Trinajstić information content (AvgIpc) is 2.41. The maximum atomic E-state index is 6.38. The first-order valence-corrected chi connectivity index (χ1v) is 7.63. The van der Waals surface area contributed by atoms with Gasteiger partial charge < -0.3 is 10.5 Å². The summed E-state index contributed by atoms with van der Waals surface area (Å²) in [6.45, 7) is 4.73. The van der Waals surface area contributed by atoms with Crippen LogP contribution >= 0.6 is 15.9 Å². The molecule has 20 heavy (non-hydrogen) atoms. The molecule has 0 amide bonds. The molecule has 2 aromatic carbocycles. The number of aryl methyl sites for hydroxylation is 1. The number of hydrogen-bond acceptors (Lipinski definition) is 2. The molecule has 2 N–H and O–H groups in total. The van der Waals surface area contributed by atoms with Crippen molar-refractivity contribution in [2.24, 2.45) is 5.73 Å². The Kier molecular flexibility index (Phi) is 5.21. The van der Waals surface area contributed by atoms with Crippen molar-refractivity contribution in [3.63, 3.8) is 0 Å². The predicted octanol–water partition coefficient (Wildman–Crippen LogP) is 4.40. The number of hydrogen-bond donors (Lipinski definition) is 1. The Morgan fingerprint density at radius 1 is 1.20 bits per heavy atom. The number of halogens is 1. The van der Waals surface area contributed by atoms with Crippen LogP contribution in [0.25, 0.3) is 0 Å². The normalized spacial score (nSPS) is 12.2. The zero-order chi connectivity index (χ0) is 14.5. The standard InChI is InChI=1S/C17H20BrNO/c1-3-20-17-8-7-14(18)11-15(17)16(19)10-13-6-4-5-12(2)9-13/h4-9,11,16H,3,10,19H2,1-2H3. The molecule has 2 aromatic rings. The molecule has 2 nitrogen and oxygen atoms in total. The molecule has 0 aliphatic rings. The third-order valence-electron chi connectivity index (χ3n) is 3.21. The highest BCUT2D eigenvalue weighted by atomic mass is 79.9. The first-order valence-electron chi connectivity index (χ1n) is 6.83. The second-order valence-corrected chi connectivity index (χ2v) is 5.83. The Labute approximate surface area is 129 Å². The summed E-state index contributed by atoms with van der Waals surface area (Å²) in [5, 5.41) is 0. The first kappa shape index (κ1) is 15.1. The van der Waals surface area contributed by atoms with Gasteiger partial charge in [0.15, 0.2) is 0 Å². The zero-order valence-corrected chi connectivity index (χ0v) is 13.5. The van der Waals surface area contributed by atoms with E-state index in [0.29, 0.717) is 6.61 Å². The summed E-state index contributed by atoms with van der Waals surface area (Å²) in [4.78, 5) is 0. The van der Waals surface area contributed by atoms with Crippen molar-refractivity contribution in [1.29, 1.82) is 0 Å². The minimum Gasteiger partial charge on any atom is -0.494 e. The summed E-state index contributed by atoms with van der Waals surface area (Å²) in [7, 11) is 0. The zero-order valence-electron chi connectivity index (χ0n) is 11.9. The van der Waals surface area contributed by atoms with E-state index in [0.717, 1.165) is 22.2 Å². The lowest BCUT2D eigenvalue weighted by Gasteiger charge is -2.17. The van der Waals surface area contributed by atoms with Crippen molar-refractivity contribution in [3.8, 4) is 5.75 Å². The van der Waals surface area contributed by atoms with Gasteiger partial charge in [0, 0.05) is 16.1 Å². The van der Waals surface area contributed by atoms with Gasteiger partial charge in [0.25, 0.3) is 0 Å². The maximum absolute atomic E-state index is 6.38. The molecule has 0 aliphatic carbocycles. The van der Waals surface area contributed by atoms with Gasteiger partial charge in [-0.2, -0.15) is 0 Å². The van der Waals surface area contributed by atoms with Crippen molar-refractivity contribution in [2.45, 2.75) is 26.3 Å². The maximum Gasteiger partial charge on any atom is 0.124 e. The molecule has 0 spiro atoms. The van der Waals surface area contributed by atoms with Crippen LogP contribution in [0.3, 0.4) is 0 Å². The summed E-state index contributed by atoms with van der Waals surface area (Å²) < 4.78 is 6.70. The van der Waals surface area contributed by atoms with Crippen molar-refractivity contribution in [2.75, 3.05) is 6.61 Å². The summed E-state index contributed by atoms with van der Waals surface area (Å²) in [6, 6.07) is 14.4. The second kappa shape index (κ2) is 6.91. The fraction of sp³-hybridized carbons (Fsp3) is 0.294. The molecule has 0 saturated heterocycles. The number of nitrogens with two attached hydrogens (primary N) is 1. The molecule has 1 atom stereocenters. The van der Waals surface area contributed by atoms with E-state index in [1.54, 1.807) is 0 Å². The Morgan fingerprint density at radius 2 is 2.00 bits per heavy atom. The fourth-order valence-electron chi connectivity index (χ4n) is 2.30. The van der Waals surface area contributed by atoms with E-state index < -0.39 is 0 Å². The largest absolute Gasteiger partial charge is 0.494 e. The van der Waals surface area contributed by atoms with E-state index in [1.165, 1.54) is 11.1 Å². The Morgan fingerprint density at radius 3 is 2.70 bits per heavy atom. The van der Waals surface area contributed by atoms with E-state index in [4.69, 9.17) is 10.5 Å². The second-order valence-electron chi connectivity index (χ2n) is 4.91. The lowest BCUT2D eigenvalue weighted by Crippen LogP contribution is -2.15. The lowest BCUT2D eigenvalue weighted by molar-refractivity contribution is 0.334. The number of benzene rings is 2. The van der Waals surface area contributed by atoms with E-state index in [1.807, 2.05) is 25.1 Å². The van der Waals surface area contributed by atoms with Crippen LogP contribution in [0, 0.1) is 6.92 Å². The van der Waals surface area contributed by atoms with Crippen LogP contribution in [0.5, 0.6) is 5.75 Å². The van der Waals surface area contributed by atoms with E-state index in [2.05, 4.69) is 47.1 Å².